The van der Waals surface area contributed by atoms with E-state index >= 15 is 0 Å². The van der Waals surface area contributed by atoms with Crippen molar-refractivity contribution in [1.29, 1.82) is 0 Å². The molecule has 1 aromatic heterocycles. The molecule has 2 N–H and O–H groups in total. The van der Waals surface area contributed by atoms with Crippen molar-refractivity contribution >= 4 is 23.2 Å². The maximum atomic E-state index is 13.7. The molecule has 0 radical (unpaired) electrons. The zero-order valence-corrected chi connectivity index (χ0v) is 14.6. The summed E-state index contributed by atoms with van der Waals surface area (Å²) in [6.45, 7) is 1.91. The maximum Gasteiger partial charge on any atom is 0.274 e. The van der Waals surface area contributed by atoms with Gasteiger partial charge in [0.1, 0.15) is 5.69 Å². The summed E-state index contributed by atoms with van der Waals surface area (Å²) in [5, 5.41) is 4.78. The zero-order valence-electron chi connectivity index (χ0n) is 14.6. The number of aryl methyl sites for hydroxylation is 1. The number of carbonyl (C=O) groups is 2. The lowest BCUT2D eigenvalue weighted by Crippen LogP contribution is -2.17. The van der Waals surface area contributed by atoms with Crippen molar-refractivity contribution in [3.05, 3.63) is 89.0 Å². The summed E-state index contributed by atoms with van der Waals surface area (Å²) in [5.41, 5.74) is 1.01. The van der Waals surface area contributed by atoms with E-state index in [0.717, 1.165) is 11.6 Å². The minimum absolute atomic E-state index is 0.00631. The lowest BCUT2D eigenvalue weighted by atomic mass is 10.2. The molecule has 2 aromatic carbocycles. The first-order chi connectivity index (χ1) is 13.3. The summed E-state index contributed by atoms with van der Waals surface area (Å²) in [6, 6.07) is 11.2. The fourth-order valence-electron chi connectivity index (χ4n) is 2.34. The van der Waals surface area contributed by atoms with Crippen LogP contribution in [0.4, 0.5) is 24.5 Å². The van der Waals surface area contributed by atoms with Crippen molar-refractivity contribution in [3.8, 4) is 0 Å². The van der Waals surface area contributed by atoms with Crippen LogP contribution in [0.25, 0.3) is 0 Å². The predicted molar refractivity (Wildman–Crippen MR) is 97.6 cm³/mol. The summed E-state index contributed by atoms with van der Waals surface area (Å²) in [6.07, 6.45) is 1.24. The second kappa shape index (κ2) is 7.91. The van der Waals surface area contributed by atoms with Gasteiger partial charge < -0.3 is 10.6 Å². The molecular formula is C20H14F3N3O2. The molecule has 0 bridgehead atoms. The number of carbonyl (C=O) groups excluding carboxylic acids is 2. The van der Waals surface area contributed by atoms with Crippen molar-refractivity contribution in [1.82, 2.24) is 4.98 Å². The molecule has 0 aliphatic rings. The summed E-state index contributed by atoms with van der Waals surface area (Å²) >= 11 is 0. The number of rotatable bonds is 4. The van der Waals surface area contributed by atoms with Gasteiger partial charge in [-0.05, 0) is 43.3 Å². The number of aromatic nitrogens is 1. The number of anilines is 2. The first kappa shape index (κ1) is 19.1. The van der Waals surface area contributed by atoms with Gasteiger partial charge in [-0.25, -0.2) is 13.2 Å². The molecule has 0 spiro atoms. The van der Waals surface area contributed by atoms with E-state index in [1.807, 2.05) is 19.1 Å². The van der Waals surface area contributed by atoms with Crippen LogP contribution in [0, 0.1) is 24.4 Å². The molecule has 0 atom stereocenters. The Morgan fingerprint density at radius 1 is 0.857 bits per heavy atom. The number of hydrogen-bond donors (Lipinski definition) is 2. The number of nitrogens with one attached hydrogen (secondary N) is 2. The number of nitrogens with zero attached hydrogens (tertiary/aromatic N) is 1. The normalized spacial score (nSPS) is 10.4. The molecule has 142 valence electrons. The third-order valence-corrected chi connectivity index (χ3v) is 3.85. The second-order valence-corrected chi connectivity index (χ2v) is 5.93. The van der Waals surface area contributed by atoms with Crippen LogP contribution in [-0.4, -0.2) is 16.8 Å². The van der Waals surface area contributed by atoms with E-state index in [4.69, 9.17) is 0 Å². The van der Waals surface area contributed by atoms with Gasteiger partial charge in [-0.2, -0.15) is 0 Å². The third-order valence-electron chi connectivity index (χ3n) is 3.85. The van der Waals surface area contributed by atoms with E-state index in [1.165, 1.54) is 18.3 Å². The number of amides is 2. The van der Waals surface area contributed by atoms with Gasteiger partial charge in [0.25, 0.3) is 11.8 Å². The van der Waals surface area contributed by atoms with Crippen molar-refractivity contribution in [2.75, 3.05) is 10.6 Å². The average Bonchev–Trinajstić information content (AvgIpc) is 2.70. The van der Waals surface area contributed by atoms with Crippen molar-refractivity contribution in [2.24, 2.45) is 0 Å². The second-order valence-electron chi connectivity index (χ2n) is 5.93. The van der Waals surface area contributed by atoms with E-state index in [9.17, 15) is 22.8 Å². The summed E-state index contributed by atoms with van der Waals surface area (Å²) in [4.78, 5) is 28.5. The molecule has 28 heavy (non-hydrogen) atoms. The van der Waals surface area contributed by atoms with Crippen LogP contribution in [0.3, 0.4) is 0 Å². The van der Waals surface area contributed by atoms with Crippen LogP contribution in [0.15, 0.2) is 54.7 Å². The van der Waals surface area contributed by atoms with Crippen LogP contribution < -0.4 is 10.6 Å². The van der Waals surface area contributed by atoms with Crippen molar-refractivity contribution in [2.45, 2.75) is 6.92 Å². The van der Waals surface area contributed by atoms with Crippen molar-refractivity contribution in [3.63, 3.8) is 0 Å². The molecule has 2 amide bonds. The number of pyridine rings is 1. The Morgan fingerprint density at radius 3 is 2.29 bits per heavy atom. The van der Waals surface area contributed by atoms with Gasteiger partial charge in [-0.3, -0.25) is 14.6 Å². The monoisotopic (exact) mass is 385 g/mol. The van der Waals surface area contributed by atoms with Crippen LogP contribution in [0.2, 0.25) is 0 Å². The van der Waals surface area contributed by atoms with Gasteiger partial charge in [0.15, 0.2) is 17.5 Å². The Kier molecular flexibility index (Phi) is 5.39. The molecule has 0 saturated carbocycles. The standard InChI is InChI=1S/C20H14F3N3O2/c1-11-2-4-13(5-3-11)25-20(28)16-10-12(8-9-24-16)19(27)26-15-7-6-14(21)17(22)18(15)23/h2-10H,1H3,(H,25,28)(H,26,27). The Morgan fingerprint density at radius 2 is 1.57 bits per heavy atom. The Bertz CT molecular complexity index is 1050. The van der Waals surface area contributed by atoms with Crippen LogP contribution in [-0.2, 0) is 0 Å². The lowest BCUT2D eigenvalue weighted by Gasteiger charge is -2.09. The van der Waals surface area contributed by atoms with Gasteiger partial charge in [0, 0.05) is 17.4 Å². The largest absolute Gasteiger partial charge is 0.321 e. The van der Waals surface area contributed by atoms with E-state index in [2.05, 4.69) is 15.6 Å². The first-order valence-electron chi connectivity index (χ1n) is 8.14. The van der Waals surface area contributed by atoms with Crippen molar-refractivity contribution < 1.29 is 22.8 Å². The molecule has 0 saturated heterocycles. The minimum atomic E-state index is -1.69. The molecule has 0 fully saturated rings. The fourth-order valence-corrected chi connectivity index (χ4v) is 2.34. The van der Waals surface area contributed by atoms with Crippen LogP contribution >= 0.6 is 0 Å². The smallest absolute Gasteiger partial charge is 0.274 e. The van der Waals surface area contributed by atoms with E-state index in [-0.39, 0.29) is 11.3 Å². The topological polar surface area (TPSA) is 71.1 Å². The average molecular weight is 385 g/mol. The molecule has 0 aliphatic carbocycles. The van der Waals surface area contributed by atoms with Gasteiger partial charge in [-0.15, -0.1) is 0 Å². The highest BCUT2D eigenvalue weighted by atomic mass is 19.2. The van der Waals surface area contributed by atoms with Gasteiger partial charge in [0.2, 0.25) is 0 Å². The predicted octanol–water partition coefficient (Wildman–Crippen LogP) is 4.31. The Balaban J connectivity index is 1.77. The fraction of sp³-hybridized carbons (Fsp3) is 0.0500. The van der Waals surface area contributed by atoms with Gasteiger partial charge in [-0.1, -0.05) is 17.7 Å². The molecule has 8 heteroatoms. The molecule has 0 unspecified atom stereocenters. The Hall–Kier alpha value is -3.68. The van der Waals surface area contributed by atoms with E-state index in [1.54, 1.807) is 12.1 Å². The number of benzene rings is 2. The highest BCUT2D eigenvalue weighted by Crippen LogP contribution is 2.20. The number of halogens is 3. The SMILES string of the molecule is Cc1ccc(NC(=O)c2cc(C(=O)Nc3ccc(F)c(F)c3F)ccn2)cc1. The third kappa shape index (κ3) is 4.17. The molecule has 0 aliphatic heterocycles. The minimum Gasteiger partial charge on any atom is -0.321 e. The maximum absolute atomic E-state index is 13.7. The lowest BCUT2D eigenvalue weighted by molar-refractivity contribution is 0.102. The highest BCUT2D eigenvalue weighted by Gasteiger charge is 2.17. The highest BCUT2D eigenvalue weighted by molar-refractivity contribution is 6.07. The molecule has 1 heterocycles. The Labute approximate surface area is 158 Å². The summed E-state index contributed by atoms with van der Waals surface area (Å²) in [7, 11) is 0. The zero-order chi connectivity index (χ0) is 20.3. The van der Waals surface area contributed by atoms with Gasteiger partial charge in [0.05, 0.1) is 5.69 Å². The van der Waals surface area contributed by atoms with E-state index < -0.39 is 35.0 Å². The van der Waals surface area contributed by atoms with Crippen LogP contribution in [0.1, 0.15) is 26.4 Å². The summed E-state index contributed by atoms with van der Waals surface area (Å²) < 4.78 is 40.0. The molecule has 3 rings (SSSR count). The van der Waals surface area contributed by atoms with Crippen LogP contribution in [0.5, 0.6) is 0 Å². The van der Waals surface area contributed by atoms with E-state index in [0.29, 0.717) is 11.8 Å². The number of hydrogen-bond acceptors (Lipinski definition) is 3. The first-order valence-corrected chi connectivity index (χ1v) is 8.14. The molecule has 3 aromatic rings. The summed E-state index contributed by atoms with van der Waals surface area (Å²) in [5.74, 6) is -5.92. The van der Waals surface area contributed by atoms with Gasteiger partial charge >= 0.3 is 0 Å². The molecular weight excluding hydrogens is 371 g/mol. The quantitative estimate of drug-likeness (QED) is 0.658. The molecule has 5 nitrogen and oxygen atoms in total.